The second-order valence-corrected chi connectivity index (χ2v) is 12.8. The van der Waals surface area contributed by atoms with Gasteiger partial charge in [0.25, 0.3) is 0 Å². The van der Waals surface area contributed by atoms with Gasteiger partial charge in [-0.05, 0) is 61.3 Å². The number of hydrogen-bond donors (Lipinski definition) is 5. The lowest BCUT2D eigenvalue weighted by atomic mass is 9.98. The molecule has 0 bridgehead atoms. The number of benzene rings is 1. The molecule has 4 atom stereocenters. The Morgan fingerprint density at radius 2 is 0.976 bits per heavy atom. The molecule has 41 heavy (non-hydrogen) atoms. The second kappa shape index (κ2) is 18.5. The quantitative estimate of drug-likeness (QED) is 0.183. The summed E-state index contributed by atoms with van der Waals surface area (Å²) in [5.74, 6) is -0.846. The average Bonchev–Trinajstić information content (AvgIpc) is 2.86. The number of rotatable bonds is 18. The van der Waals surface area contributed by atoms with Gasteiger partial charge in [-0.3, -0.25) is 19.2 Å². The topological polar surface area (TPSA) is 142 Å². The van der Waals surface area contributed by atoms with Crippen molar-refractivity contribution in [1.82, 2.24) is 21.3 Å². The third-order valence-corrected chi connectivity index (χ3v) is 6.64. The van der Waals surface area contributed by atoms with Gasteiger partial charge in [0.1, 0.15) is 18.1 Å². The van der Waals surface area contributed by atoms with Gasteiger partial charge in [0.15, 0.2) is 0 Å². The van der Waals surface area contributed by atoms with Crippen molar-refractivity contribution in [2.75, 3.05) is 6.54 Å². The van der Waals surface area contributed by atoms with Crippen molar-refractivity contribution in [1.29, 1.82) is 0 Å². The summed E-state index contributed by atoms with van der Waals surface area (Å²) in [6.45, 7) is 16.3. The first-order chi connectivity index (χ1) is 19.2. The lowest BCUT2D eigenvalue weighted by molar-refractivity contribution is -0.134. The summed E-state index contributed by atoms with van der Waals surface area (Å²) in [4.78, 5) is 52.7. The third kappa shape index (κ3) is 15.0. The maximum Gasteiger partial charge on any atom is 0.243 e. The normalized spacial score (nSPS) is 14.5. The van der Waals surface area contributed by atoms with Crippen LogP contribution in [0, 0.1) is 23.7 Å². The van der Waals surface area contributed by atoms with Crippen LogP contribution in [0.1, 0.15) is 86.6 Å². The van der Waals surface area contributed by atoms with Crippen LogP contribution in [0.25, 0.3) is 0 Å². The Bertz CT molecular complexity index is 949. The fraction of sp³-hybridized carbons (Fsp3) is 0.688. The molecule has 0 radical (unpaired) electrons. The predicted molar refractivity (Wildman–Crippen MR) is 165 cm³/mol. The molecule has 1 aromatic rings. The maximum atomic E-state index is 13.5. The minimum atomic E-state index is -0.856. The molecule has 0 saturated carbocycles. The molecule has 4 amide bonds. The molecule has 1 aromatic carbocycles. The molecule has 0 spiro atoms. The van der Waals surface area contributed by atoms with Crippen LogP contribution in [-0.4, -0.2) is 54.3 Å². The first-order valence-electron chi connectivity index (χ1n) is 15.2. The van der Waals surface area contributed by atoms with Crippen LogP contribution in [0.15, 0.2) is 30.3 Å². The van der Waals surface area contributed by atoms with Gasteiger partial charge in [-0.25, -0.2) is 0 Å². The molecule has 0 aromatic heterocycles. The van der Waals surface area contributed by atoms with Crippen molar-refractivity contribution in [3.05, 3.63) is 35.9 Å². The van der Waals surface area contributed by atoms with Crippen molar-refractivity contribution >= 4 is 23.6 Å². The number of carbonyl (C=O) groups is 4. The molecule has 9 heteroatoms. The van der Waals surface area contributed by atoms with Crippen LogP contribution in [0.3, 0.4) is 0 Å². The van der Waals surface area contributed by atoms with Gasteiger partial charge in [-0.1, -0.05) is 85.7 Å². The van der Waals surface area contributed by atoms with Gasteiger partial charge < -0.3 is 27.0 Å². The lowest BCUT2D eigenvalue weighted by Gasteiger charge is -2.28. The fourth-order valence-electron chi connectivity index (χ4n) is 4.64. The summed E-state index contributed by atoms with van der Waals surface area (Å²) < 4.78 is 0. The highest BCUT2D eigenvalue weighted by molar-refractivity contribution is 5.94. The Morgan fingerprint density at radius 3 is 1.39 bits per heavy atom. The Balaban J connectivity index is 2.97. The molecular formula is C32H55N5O4. The smallest absolute Gasteiger partial charge is 0.243 e. The van der Waals surface area contributed by atoms with Gasteiger partial charge in [-0.2, -0.15) is 0 Å². The van der Waals surface area contributed by atoms with E-state index >= 15 is 0 Å². The number of carbonyl (C=O) groups excluding carboxylic acids is 4. The molecule has 0 saturated heterocycles. The summed E-state index contributed by atoms with van der Waals surface area (Å²) in [7, 11) is 0. The lowest BCUT2D eigenvalue weighted by Crippen LogP contribution is -2.58. The Kier molecular flexibility index (Phi) is 16.3. The van der Waals surface area contributed by atoms with E-state index in [1.807, 2.05) is 85.7 Å². The number of amides is 4. The van der Waals surface area contributed by atoms with Gasteiger partial charge in [-0.15, -0.1) is 0 Å². The summed E-state index contributed by atoms with van der Waals surface area (Å²) in [5, 5.41) is 11.5. The first-order valence-corrected chi connectivity index (χ1v) is 15.2. The molecule has 0 heterocycles. The van der Waals surface area contributed by atoms with E-state index in [9.17, 15) is 19.2 Å². The SMILES string of the molecule is CC(C)C[C@H](NC(=O)[C@H](CC(C)C)NC(=O)[C@H](CC(C)C)NC(=O)[C@@H](N)CC(C)C)C(=O)NCCc1ccccc1. The van der Waals surface area contributed by atoms with Gasteiger partial charge >= 0.3 is 0 Å². The molecule has 1 rings (SSSR count). The van der Waals surface area contributed by atoms with Crippen molar-refractivity contribution in [2.45, 2.75) is 112 Å². The zero-order chi connectivity index (χ0) is 31.1. The summed E-state index contributed by atoms with van der Waals surface area (Å²) in [5.41, 5.74) is 7.17. The number of nitrogens with two attached hydrogens (primary N) is 1. The van der Waals surface area contributed by atoms with E-state index in [0.29, 0.717) is 38.6 Å². The largest absolute Gasteiger partial charge is 0.354 e. The molecule has 0 unspecified atom stereocenters. The van der Waals surface area contributed by atoms with E-state index in [1.54, 1.807) is 0 Å². The Morgan fingerprint density at radius 1 is 0.585 bits per heavy atom. The van der Waals surface area contributed by atoms with Gasteiger partial charge in [0.05, 0.1) is 6.04 Å². The molecule has 6 N–H and O–H groups in total. The van der Waals surface area contributed by atoms with Crippen LogP contribution in [-0.2, 0) is 25.6 Å². The molecule has 0 fully saturated rings. The van der Waals surface area contributed by atoms with Crippen LogP contribution >= 0.6 is 0 Å². The highest BCUT2D eigenvalue weighted by atomic mass is 16.2. The van der Waals surface area contributed by atoms with Crippen LogP contribution in [0.4, 0.5) is 0 Å². The van der Waals surface area contributed by atoms with Crippen LogP contribution in [0.5, 0.6) is 0 Å². The van der Waals surface area contributed by atoms with Crippen molar-refractivity contribution in [2.24, 2.45) is 29.4 Å². The fourth-order valence-corrected chi connectivity index (χ4v) is 4.64. The highest BCUT2D eigenvalue weighted by Gasteiger charge is 2.31. The zero-order valence-electron chi connectivity index (χ0n) is 26.5. The zero-order valence-corrected chi connectivity index (χ0v) is 26.5. The standard InChI is InChI=1S/C32H55N5O4/c1-20(2)16-25(33)29(38)35-27(18-22(5)6)31(40)37-28(19-23(7)8)32(41)36-26(17-21(3)4)30(39)34-15-14-24-12-10-9-11-13-24/h9-13,20-23,25-28H,14-19,33H2,1-8H3,(H,34,39)(H,35,38)(H,36,41)(H,37,40)/t25-,26-,27-,28-/m0/s1. The van der Waals surface area contributed by atoms with Crippen LogP contribution in [0.2, 0.25) is 0 Å². The van der Waals surface area contributed by atoms with Gasteiger partial charge in [0.2, 0.25) is 23.6 Å². The highest BCUT2D eigenvalue weighted by Crippen LogP contribution is 2.12. The first kappa shape index (κ1) is 36.1. The van der Waals surface area contributed by atoms with Crippen LogP contribution < -0.4 is 27.0 Å². The predicted octanol–water partition coefficient (Wildman–Crippen LogP) is 3.31. The molecular weight excluding hydrogens is 518 g/mol. The van der Waals surface area contributed by atoms with E-state index in [-0.39, 0.29) is 35.5 Å². The minimum absolute atomic E-state index is 0.104. The number of hydrogen-bond acceptors (Lipinski definition) is 5. The molecule has 0 aliphatic heterocycles. The van der Waals surface area contributed by atoms with E-state index in [0.717, 1.165) is 5.56 Å². The molecule has 0 aliphatic carbocycles. The molecule has 232 valence electrons. The summed E-state index contributed by atoms with van der Waals surface area (Å²) in [6, 6.07) is 6.75. The van der Waals surface area contributed by atoms with Crippen molar-refractivity contribution in [3.8, 4) is 0 Å². The molecule has 9 nitrogen and oxygen atoms in total. The van der Waals surface area contributed by atoms with E-state index in [2.05, 4.69) is 21.3 Å². The van der Waals surface area contributed by atoms with E-state index in [1.165, 1.54) is 0 Å². The Hall–Kier alpha value is -2.94. The van der Waals surface area contributed by atoms with Gasteiger partial charge in [0, 0.05) is 6.54 Å². The summed E-state index contributed by atoms with van der Waals surface area (Å²) in [6.07, 6.45) is 2.44. The van der Waals surface area contributed by atoms with E-state index < -0.39 is 36.0 Å². The van der Waals surface area contributed by atoms with Crippen molar-refractivity contribution < 1.29 is 19.2 Å². The maximum absolute atomic E-state index is 13.5. The monoisotopic (exact) mass is 573 g/mol. The number of nitrogens with one attached hydrogen (secondary N) is 4. The molecule has 0 aliphatic rings. The van der Waals surface area contributed by atoms with E-state index in [4.69, 9.17) is 5.73 Å². The summed E-state index contributed by atoms with van der Waals surface area (Å²) >= 11 is 0. The minimum Gasteiger partial charge on any atom is -0.354 e. The Labute approximate surface area is 247 Å². The van der Waals surface area contributed by atoms with Crippen molar-refractivity contribution in [3.63, 3.8) is 0 Å². The second-order valence-electron chi connectivity index (χ2n) is 12.8. The average molecular weight is 574 g/mol. The third-order valence-electron chi connectivity index (χ3n) is 6.64.